The monoisotopic (exact) mass is 446 g/mol. The first-order chi connectivity index (χ1) is 16.1. The molecule has 0 saturated carbocycles. The molecule has 1 aliphatic heterocycles. The number of hydrogen-bond donors (Lipinski definition) is 2. The van der Waals surface area contributed by atoms with Gasteiger partial charge in [0.25, 0.3) is 11.8 Å². The molecule has 3 aromatic rings. The van der Waals surface area contributed by atoms with Crippen molar-refractivity contribution in [3.63, 3.8) is 0 Å². The van der Waals surface area contributed by atoms with Crippen molar-refractivity contribution >= 4 is 11.8 Å². The first kappa shape index (κ1) is 22.2. The summed E-state index contributed by atoms with van der Waals surface area (Å²) in [5.41, 5.74) is 2.39. The summed E-state index contributed by atoms with van der Waals surface area (Å²) in [5, 5.41) is 5.79. The van der Waals surface area contributed by atoms with Crippen LogP contribution in [0.2, 0.25) is 0 Å². The Morgan fingerprint density at radius 3 is 2.55 bits per heavy atom. The fraction of sp³-hybridized carbons (Fsp3) is 0.231. The van der Waals surface area contributed by atoms with E-state index in [2.05, 4.69) is 10.6 Å². The predicted molar refractivity (Wildman–Crippen MR) is 124 cm³/mol. The first-order valence-electron chi connectivity index (χ1n) is 10.8. The number of ether oxygens (including phenoxy) is 3. The molecule has 1 heterocycles. The van der Waals surface area contributed by atoms with Crippen LogP contribution in [0.15, 0.2) is 72.8 Å². The van der Waals surface area contributed by atoms with Gasteiger partial charge in [0.1, 0.15) is 19.0 Å². The van der Waals surface area contributed by atoms with Gasteiger partial charge in [-0.2, -0.15) is 0 Å². The first-order valence-corrected chi connectivity index (χ1v) is 10.8. The lowest BCUT2D eigenvalue weighted by Gasteiger charge is -2.21. The summed E-state index contributed by atoms with van der Waals surface area (Å²) in [6.07, 6.45) is 0. The van der Waals surface area contributed by atoms with E-state index in [-0.39, 0.29) is 24.5 Å². The van der Waals surface area contributed by atoms with Gasteiger partial charge in [0.05, 0.1) is 6.04 Å². The standard InChI is InChI=1S/C26H26N2O5/c1-18(20-10-11-23-24(15-20)32-13-12-31-23)28-25(29)17-33-22-9-5-8-21(14-22)26(30)27-16-19-6-3-2-4-7-19/h2-11,14-15,18H,12-13,16-17H2,1H3,(H,27,30)(H,28,29)/t18-/m1/s1. The summed E-state index contributed by atoms with van der Waals surface area (Å²) < 4.78 is 16.7. The highest BCUT2D eigenvalue weighted by atomic mass is 16.6. The third-order valence-corrected chi connectivity index (χ3v) is 5.21. The zero-order chi connectivity index (χ0) is 23.0. The fourth-order valence-electron chi connectivity index (χ4n) is 3.45. The van der Waals surface area contributed by atoms with Gasteiger partial charge in [-0.3, -0.25) is 9.59 Å². The molecule has 1 atom stereocenters. The lowest BCUT2D eigenvalue weighted by atomic mass is 10.1. The van der Waals surface area contributed by atoms with E-state index in [1.54, 1.807) is 24.3 Å². The number of carbonyl (C=O) groups is 2. The van der Waals surface area contributed by atoms with Crippen LogP contribution in [-0.4, -0.2) is 31.6 Å². The van der Waals surface area contributed by atoms with Crippen molar-refractivity contribution in [1.82, 2.24) is 10.6 Å². The molecule has 2 amide bonds. The van der Waals surface area contributed by atoms with Crippen LogP contribution in [-0.2, 0) is 11.3 Å². The van der Waals surface area contributed by atoms with E-state index in [1.807, 2.05) is 55.5 Å². The van der Waals surface area contributed by atoms with Crippen LogP contribution in [0, 0.1) is 0 Å². The maximum absolute atomic E-state index is 12.4. The number of fused-ring (bicyclic) bond motifs is 1. The van der Waals surface area contributed by atoms with Gasteiger partial charge in [0, 0.05) is 12.1 Å². The fourth-order valence-corrected chi connectivity index (χ4v) is 3.45. The van der Waals surface area contributed by atoms with Gasteiger partial charge in [-0.05, 0) is 48.4 Å². The molecular formula is C26H26N2O5. The van der Waals surface area contributed by atoms with Crippen molar-refractivity contribution in [2.24, 2.45) is 0 Å². The van der Waals surface area contributed by atoms with Gasteiger partial charge < -0.3 is 24.8 Å². The molecule has 0 bridgehead atoms. The molecule has 170 valence electrons. The van der Waals surface area contributed by atoms with E-state index in [4.69, 9.17) is 14.2 Å². The van der Waals surface area contributed by atoms with Gasteiger partial charge >= 0.3 is 0 Å². The molecule has 2 N–H and O–H groups in total. The topological polar surface area (TPSA) is 85.9 Å². The lowest BCUT2D eigenvalue weighted by molar-refractivity contribution is -0.123. The summed E-state index contributed by atoms with van der Waals surface area (Å²) in [4.78, 5) is 24.8. The lowest BCUT2D eigenvalue weighted by Crippen LogP contribution is -2.31. The second kappa shape index (κ2) is 10.5. The Morgan fingerprint density at radius 2 is 1.73 bits per heavy atom. The molecule has 0 radical (unpaired) electrons. The van der Waals surface area contributed by atoms with Crippen LogP contribution >= 0.6 is 0 Å². The highest BCUT2D eigenvalue weighted by Gasteiger charge is 2.16. The van der Waals surface area contributed by atoms with E-state index in [1.165, 1.54) is 0 Å². The Bertz CT molecular complexity index is 1120. The smallest absolute Gasteiger partial charge is 0.258 e. The highest BCUT2D eigenvalue weighted by molar-refractivity contribution is 5.94. The number of amides is 2. The summed E-state index contributed by atoms with van der Waals surface area (Å²) in [6, 6.07) is 21.8. The van der Waals surface area contributed by atoms with Crippen LogP contribution in [0.4, 0.5) is 0 Å². The van der Waals surface area contributed by atoms with Gasteiger partial charge in [0.15, 0.2) is 18.1 Å². The number of carbonyl (C=O) groups excluding carboxylic acids is 2. The average molecular weight is 447 g/mol. The Labute approximate surface area is 192 Å². The van der Waals surface area contributed by atoms with E-state index in [0.717, 1.165) is 11.1 Å². The van der Waals surface area contributed by atoms with Crippen molar-refractivity contribution in [3.05, 3.63) is 89.5 Å². The number of rotatable bonds is 8. The zero-order valence-corrected chi connectivity index (χ0v) is 18.4. The largest absolute Gasteiger partial charge is 0.486 e. The third kappa shape index (κ3) is 6.04. The van der Waals surface area contributed by atoms with Crippen LogP contribution < -0.4 is 24.8 Å². The number of hydrogen-bond acceptors (Lipinski definition) is 5. The predicted octanol–water partition coefficient (Wildman–Crippen LogP) is 3.64. The second-order valence-electron chi connectivity index (χ2n) is 7.68. The molecule has 0 fully saturated rings. The van der Waals surface area contributed by atoms with Crippen molar-refractivity contribution in [2.45, 2.75) is 19.5 Å². The Morgan fingerprint density at radius 1 is 0.939 bits per heavy atom. The number of nitrogens with one attached hydrogen (secondary N) is 2. The summed E-state index contributed by atoms with van der Waals surface area (Å²) in [5.74, 6) is 1.36. The van der Waals surface area contributed by atoms with Crippen molar-refractivity contribution in [2.75, 3.05) is 19.8 Å². The van der Waals surface area contributed by atoms with Crippen molar-refractivity contribution in [3.8, 4) is 17.2 Å². The third-order valence-electron chi connectivity index (χ3n) is 5.21. The SMILES string of the molecule is C[C@@H](NC(=O)COc1cccc(C(=O)NCc2ccccc2)c1)c1ccc2c(c1)OCCO2. The summed E-state index contributed by atoms with van der Waals surface area (Å²) >= 11 is 0. The van der Waals surface area contributed by atoms with E-state index >= 15 is 0 Å². The molecule has 1 aliphatic rings. The molecule has 4 rings (SSSR count). The minimum Gasteiger partial charge on any atom is -0.486 e. The minimum atomic E-state index is -0.267. The van der Waals surface area contributed by atoms with E-state index in [0.29, 0.717) is 42.6 Å². The highest BCUT2D eigenvalue weighted by Crippen LogP contribution is 2.32. The molecule has 0 spiro atoms. The second-order valence-corrected chi connectivity index (χ2v) is 7.68. The van der Waals surface area contributed by atoms with Gasteiger partial charge in [-0.15, -0.1) is 0 Å². The Hall–Kier alpha value is -4.00. The van der Waals surface area contributed by atoms with Crippen LogP contribution in [0.5, 0.6) is 17.2 Å². The molecular weight excluding hydrogens is 420 g/mol. The van der Waals surface area contributed by atoms with Gasteiger partial charge in [-0.25, -0.2) is 0 Å². The quantitative estimate of drug-likeness (QED) is 0.552. The van der Waals surface area contributed by atoms with Crippen LogP contribution in [0.25, 0.3) is 0 Å². The van der Waals surface area contributed by atoms with E-state index in [9.17, 15) is 9.59 Å². The molecule has 0 saturated heterocycles. The number of benzene rings is 3. The maximum Gasteiger partial charge on any atom is 0.258 e. The molecule has 3 aromatic carbocycles. The van der Waals surface area contributed by atoms with E-state index < -0.39 is 0 Å². The molecule has 0 aromatic heterocycles. The van der Waals surface area contributed by atoms with Crippen molar-refractivity contribution in [1.29, 1.82) is 0 Å². The van der Waals surface area contributed by atoms with Crippen molar-refractivity contribution < 1.29 is 23.8 Å². The zero-order valence-electron chi connectivity index (χ0n) is 18.4. The summed E-state index contributed by atoms with van der Waals surface area (Å²) in [7, 11) is 0. The molecule has 7 nitrogen and oxygen atoms in total. The van der Waals surface area contributed by atoms with Gasteiger partial charge in [-0.1, -0.05) is 42.5 Å². The Balaban J connectivity index is 1.28. The van der Waals surface area contributed by atoms with Crippen LogP contribution in [0.3, 0.4) is 0 Å². The normalized spacial score (nSPS) is 13.0. The molecule has 0 unspecified atom stereocenters. The molecule has 0 aliphatic carbocycles. The van der Waals surface area contributed by atoms with Gasteiger partial charge in [0.2, 0.25) is 0 Å². The summed E-state index contributed by atoms with van der Waals surface area (Å²) in [6.45, 7) is 3.20. The van der Waals surface area contributed by atoms with Crippen LogP contribution in [0.1, 0.15) is 34.5 Å². The average Bonchev–Trinajstić information content (AvgIpc) is 2.86. The Kier molecular flexibility index (Phi) is 7.09. The molecule has 7 heteroatoms. The maximum atomic E-state index is 12.4. The molecule has 33 heavy (non-hydrogen) atoms. The minimum absolute atomic E-state index is 0.163.